The van der Waals surface area contributed by atoms with Crippen LogP contribution in [0.4, 0.5) is 0 Å². The molecule has 4 aromatic rings. The molecule has 0 spiro atoms. The van der Waals surface area contributed by atoms with Crippen molar-refractivity contribution in [2.75, 3.05) is 0 Å². The van der Waals surface area contributed by atoms with Gasteiger partial charge in [-0.15, -0.1) is 5.10 Å². The number of fused-ring (bicyclic) bond motifs is 2. The second-order valence-electron chi connectivity index (χ2n) is 5.10. The van der Waals surface area contributed by atoms with Crippen molar-refractivity contribution in [1.29, 1.82) is 0 Å². The van der Waals surface area contributed by atoms with E-state index in [1.807, 2.05) is 48.0 Å². The lowest BCUT2D eigenvalue weighted by Gasteiger charge is -2.01. The predicted octanol–water partition coefficient (Wildman–Crippen LogP) is 2.36. The van der Waals surface area contributed by atoms with E-state index in [4.69, 9.17) is 0 Å². The lowest BCUT2D eigenvalue weighted by molar-refractivity contribution is 0.0954. The lowest BCUT2D eigenvalue weighted by atomic mass is 10.1. The molecular weight excluding hydrogens is 310 g/mol. The number of carbonyl (C=O) groups is 1. The van der Waals surface area contributed by atoms with E-state index in [0.717, 1.165) is 20.4 Å². The first-order valence-corrected chi connectivity index (χ1v) is 7.86. The Hall–Kier alpha value is -2.93. The van der Waals surface area contributed by atoms with Crippen LogP contribution in [0.15, 0.2) is 53.8 Å². The number of aromatic nitrogens is 3. The van der Waals surface area contributed by atoms with Crippen molar-refractivity contribution < 1.29 is 4.79 Å². The molecule has 0 fully saturated rings. The number of amides is 1. The van der Waals surface area contributed by atoms with Crippen molar-refractivity contribution in [1.82, 2.24) is 20.2 Å². The number of carbonyl (C=O) groups excluding carboxylic acids is 1. The zero-order valence-electron chi connectivity index (χ0n) is 12.3. The Morgan fingerprint density at radius 3 is 3.00 bits per heavy atom. The first-order chi connectivity index (χ1) is 11.2. The normalized spacial score (nSPS) is 12.1. The van der Waals surface area contributed by atoms with Crippen molar-refractivity contribution in [3.63, 3.8) is 0 Å². The Balaban J connectivity index is 1.71. The average molecular weight is 323 g/mol. The summed E-state index contributed by atoms with van der Waals surface area (Å²) in [5.41, 5.74) is 4.94. The molecule has 2 aromatic heterocycles. The number of thiazole rings is 1. The van der Waals surface area contributed by atoms with Gasteiger partial charge in [0.05, 0.1) is 27.5 Å². The Kier molecular flexibility index (Phi) is 3.20. The van der Waals surface area contributed by atoms with Gasteiger partial charge in [0.15, 0.2) is 0 Å². The molecule has 0 radical (unpaired) electrons. The van der Waals surface area contributed by atoms with E-state index in [0.29, 0.717) is 11.1 Å². The smallest absolute Gasteiger partial charge is 0.273 e. The van der Waals surface area contributed by atoms with Crippen LogP contribution in [0.3, 0.4) is 0 Å². The van der Waals surface area contributed by atoms with Gasteiger partial charge < -0.3 is 4.57 Å². The largest absolute Gasteiger partial charge is 0.318 e. The molecule has 7 heteroatoms. The second kappa shape index (κ2) is 5.36. The molecule has 0 aliphatic rings. The summed E-state index contributed by atoms with van der Waals surface area (Å²) in [7, 11) is 1.93. The Morgan fingerprint density at radius 1 is 1.26 bits per heavy atom. The molecule has 0 saturated heterocycles. The molecule has 2 aromatic carbocycles. The molecule has 1 amide bonds. The third kappa shape index (κ3) is 2.31. The number of H-pyrrole nitrogens is 1. The highest BCUT2D eigenvalue weighted by Gasteiger charge is 2.10. The predicted molar refractivity (Wildman–Crippen MR) is 89.9 cm³/mol. The molecule has 4 rings (SSSR count). The summed E-state index contributed by atoms with van der Waals surface area (Å²) in [6.45, 7) is 0. The molecule has 0 bridgehead atoms. The highest BCUT2D eigenvalue weighted by molar-refractivity contribution is 7.16. The van der Waals surface area contributed by atoms with Crippen molar-refractivity contribution in [3.8, 4) is 0 Å². The van der Waals surface area contributed by atoms with Crippen molar-refractivity contribution in [3.05, 3.63) is 59.0 Å². The summed E-state index contributed by atoms with van der Waals surface area (Å²) in [4.78, 5) is 13.1. The second-order valence-corrected chi connectivity index (χ2v) is 6.11. The fraction of sp³-hybridized carbons (Fsp3) is 0.0625. The Labute approximate surface area is 135 Å². The number of aryl methyl sites for hydroxylation is 1. The maximum absolute atomic E-state index is 12.4. The van der Waals surface area contributed by atoms with Crippen LogP contribution in [0, 0.1) is 0 Å². The minimum absolute atomic E-state index is 0.266. The summed E-state index contributed by atoms with van der Waals surface area (Å²) in [5, 5.41) is 12.0. The number of aromatic amines is 1. The topological polar surface area (TPSA) is 75.1 Å². The van der Waals surface area contributed by atoms with Gasteiger partial charge in [-0.1, -0.05) is 35.6 Å². The van der Waals surface area contributed by atoms with Crippen LogP contribution in [0.5, 0.6) is 0 Å². The van der Waals surface area contributed by atoms with Gasteiger partial charge in [-0.05, 0) is 18.2 Å². The number of hydrogen-bond donors (Lipinski definition) is 2. The van der Waals surface area contributed by atoms with Gasteiger partial charge in [0.2, 0.25) is 4.80 Å². The Bertz CT molecular complexity index is 1090. The highest BCUT2D eigenvalue weighted by atomic mass is 32.1. The van der Waals surface area contributed by atoms with Gasteiger partial charge in [0.25, 0.3) is 5.91 Å². The summed E-state index contributed by atoms with van der Waals surface area (Å²) < 4.78 is 3.08. The van der Waals surface area contributed by atoms with Crippen LogP contribution in [0.2, 0.25) is 0 Å². The van der Waals surface area contributed by atoms with Crippen LogP contribution in [-0.4, -0.2) is 20.7 Å². The quantitative estimate of drug-likeness (QED) is 0.556. The third-order valence-corrected chi connectivity index (χ3v) is 4.80. The van der Waals surface area contributed by atoms with Crippen LogP contribution in [-0.2, 0) is 7.05 Å². The molecule has 0 aliphatic carbocycles. The number of rotatable bonds is 2. The maximum Gasteiger partial charge on any atom is 0.273 e. The van der Waals surface area contributed by atoms with E-state index < -0.39 is 0 Å². The van der Waals surface area contributed by atoms with Gasteiger partial charge in [-0.25, -0.2) is 5.43 Å². The molecule has 114 valence electrons. The van der Waals surface area contributed by atoms with Crippen LogP contribution >= 0.6 is 11.3 Å². The third-order valence-electron chi connectivity index (χ3n) is 3.69. The van der Waals surface area contributed by atoms with E-state index in [1.165, 1.54) is 11.3 Å². The zero-order valence-corrected chi connectivity index (χ0v) is 13.1. The molecule has 0 saturated carbocycles. The summed E-state index contributed by atoms with van der Waals surface area (Å²) in [6.07, 6.45) is 1.69. The van der Waals surface area contributed by atoms with E-state index in [-0.39, 0.29) is 5.91 Å². The highest BCUT2D eigenvalue weighted by Crippen LogP contribution is 2.16. The zero-order chi connectivity index (χ0) is 15.8. The van der Waals surface area contributed by atoms with Gasteiger partial charge in [0.1, 0.15) is 0 Å². The SMILES string of the molecule is Cn1/c(=N/NC(=O)c2cccc3cn[nH]c23)sc2ccccc21. The standard InChI is InChI=1S/C16H13N5OS/c1-21-12-7-2-3-8-13(12)23-16(21)20-19-15(22)11-6-4-5-10-9-17-18-14(10)11/h2-9H,1H3,(H,17,18)(H,19,22)/b20-16-. The number of benzene rings is 2. The lowest BCUT2D eigenvalue weighted by Crippen LogP contribution is -2.23. The van der Waals surface area contributed by atoms with Gasteiger partial charge in [0, 0.05) is 12.4 Å². The van der Waals surface area contributed by atoms with E-state index >= 15 is 0 Å². The minimum Gasteiger partial charge on any atom is -0.318 e. The molecule has 2 heterocycles. The number of nitrogens with one attached hydrogen (secondary N) is 2. The van der Waals surface area contributed by atoms with Crippen LogP contribution < -0.4 is 10.2 Å². The van der Waals surface area contributed by atoms with Gasteiger partial charge in [-0.3, -0.25) is 9.89 Å². The fourth-order valence-corrected chi connectivity index (χ4v) is 3.48. The van der Waals surface area contributed by atoms with Crippen molar-refractivity contribution >= 4 is 38.4 Å². The monoisotopic (exact) mass is 323 g/mol. The molecule has 2 N–H and O–H groups in total. The summed E-state index contributed by atoms with van der Waals surface area (Å²) in [5.74, 6) is -0.266. The number of nitrogens with zero attached hydrogens (tertiary/aromatic N) is 3. The molecule has 0 atom stereocenters. The minimum atomic E-state index is -0.266. The summed E-state index contributed by atoms with van der Waals surface area (Å²) in [6, 6.07) is 13.5. The molecule has 23 heavy (non-hydrogen) atoms. The first-order valence-electron chi connectivity index (χ1n) is 7.05. The fourth-order valence-electron chi connectivity index (χ4n) is 2.51. The van der Waals surface area contributed by atoms with E-state index in [2.05, 4.69) is 20.7 Å². The molecular formula is C16H13N5OS. The van der Waals surface area contributed by atoms with E-state index in [1.54, 1.807) is 12.3 Å². The average Bonchev–Trinajstić information content (AvgIpc) is 3.17. The molecule has 0 unspecified atom stereocenters. The van der Waals surface area contributed by atoms with Crippen molar-refractivity contribution in [2.45, 2.75) is 0 Å². The van der Waals surface area contributed by atoms with Crippen LogP contribution in [0.1, 0.15) is 10.4 Å². The summed E-state index contributed by atoms with van der Waals surface area (Å²) >= 11 is 1.53. The number of para-hydroxylation sites is 2. The molecule has 6 nitrogen and oxygen atoms in total. The van der Waals surface area contributed by atoms with Crippen LogP contribution in [0.25, 0.3) is 21.1 Å². The number of hydrogen-bond acceptors (Lipinski definition) is 4. The Morgan fingerprint density at radius 2 is 2.13 bits per heavy atom. The van der Waals surface area contributed by atoms with E-state index in [9.17, 15) is 4.79 Å². The van der Waals surface area contributed by atoms with Gasteiger partial charge in [-0.2, -0.15) is 5.10 Å². The first kappa shape index (κ1) is 13.7. The van der Waals surface area contributed by atoms with Crippen molar-refractivity contribution in [2.24, 2.45) is 12.1 Å². The maximum atomic E-state index is 12.4. The van der Waals surface area contributed by atoms with Gasteiger partial charge >= 0.3 is 0 Å². The molecule has 0 aliphatic heterocycles.